The summed E-state index contributed by atoms with van der Waals surface area (Å²) in [6.07, 6.45) is 5.55. The van der Waals surface area contributed by atoms with E-state index >= 15 is 0 Å². The molecule has 0 radical (unpaired) electrons. The molecule has 0 fully saturated rings. The lowest BCUT2D eigenvalue weighted by atomic mass is 10.4. The molecule has 0 saturated heterocycles. The van der Waals surface area contributed by atoms with Crippen LogP contribution in [-0.2, 0) is 19.6 Å². The number of imidazole rings is 3. The molecule has 3 heterocycles. The molecule has 7 heteroatoms. The number of nitrogens with zero attached hydrogens (tertiary/aromatic N) is 4. The van der Waals surface area contributed by atoms with E-state index in [0.717, 1.165) is 34.6 Å². The van der Waals surface area contributed by atoms with Crippen LogP contribution in [0, 0.1) is 20.8 Å². The zero-order valence-electron chi connectivity index (χ0n) is 13.1. The van der Waals surface area contributed by atoms with Crippen LogP contribution in [0.25, 0.3) is 0 Å². The van der Waals surface area contributed by atoms with E-state index < -0.39 is 0 Å². The Labute approximate surface area is 129 Å². The van der Waals surface area contributed by atoms with Crippen molar-refractivity contribution in [1.82, 2.24) is 34.8 Å². The Morgan fingerprint density at radius 1 is 0.682 bits per heavy atom. The molecular weight excluding hydrogens is 278 g/mol. The second-order valence-electron chi connectivity index (χ2n) is 5.68. The summed E-state index contributed by atoms with van der Waals surface area (Å²) in [7, 11) is 0. The number of hydrogen-bond donors (Lipinski definition) is 3. The van der Waals surface area contributed by atoms with E-state index in [1.54, 1.807) is 0 Å². The van der Waals surface area contributed by atoms with E-state index in [1.165, 1.54) is 0 Å². The molecule has 0 aliphatic rings. The minimum atomic E-state index is 0.716. The van der Waals surface area contributed by atoms with Crippen molar-refractivity contribution in [3.8, 4) is 0 Å². The molecule has 3 aromatic heterocycles. The van der Waals surface area contributed by atoms with Gasteiger partial charge in [-0.2, -0.15) is 0 Å². The summed E-state index contributed by atoms with van der Waals surface area (Å²) in [5, 5.41) is 0. The summed E-state index contributed by atoms with van der Waals surface area (Å²) in [6.45, 7) is 8.17. The van der Waals surface area contributed by atoms with Gasteiger partial charge in [0.05, 0.1) is 19.6 Å². The largest absolute Gasteiger partial charge is 0.345 e. The molecule has 0 aromatic carbocycles. The average Bonchev–Trinajstić information content (AvgIpc) is 3.14. The van der Waals surface area contributed by atoms with Gasteiger partial charge in [-0.15, -0.1) is 0 Å². The number of rotatable bonds is 6. The van der Waals surface area contributed by atoms with Crippen molar-refractivity contribution in [1.29, 1.82) is 0 Å². The van der Waals surface area contributed by atoms with Gasteiger partial charge in [0.15, 0.2) is 0 Å². The molecule has 0 aliphatic carbocycles. The third kappa shape index (κ3) is 3.62. The highest BCUT2D eigenvalue weighted by Gasteiger charge is 2.13. The minimum Gasteiger partial charge on any atom is -0.345 e. The van der Waals surface area contributed by atoms with Crippen molar-refractivity contribution >= 4 is 0 Å². The molecule has 3 aromatic rings. The van der Waals surface area contributed by atoms with Crippen LogP contribution in [0.3, 0.4) is 0 Å². The highest BCUT2D eigenvalue weighted by atomic mass is 15.2. The zero-order chi connectivity index (χ0) is 15.5. The molecule has 0 saturated carbocycles. The number of aromatic nitrogens is 6. The Bertz CT molecular complexity index is 636. The Morgan fingerprint density at radius 2 is 1.00 bits per heavy atom. The normalized spacial score (nSPS) is 11.5. The second kappa shape index (κ2) is 6.15. The van der Waals surface area contributed by atoms with Crippen LogP contribution in [0.15, 0.2) is 18.6 Å². The monoisotopic (exact) mass is 299 g/mol. The van der Waals surface area contributed by atoms with Crippen molar-refractivity contribution < 1.29 is 0 Å². The maximum absolute atomic E-state index is 4.39. The van der Waals surface area contributed by atoms with Crippen molar-refractivity contribution in [3.63, 3.8) is 0 Å². The average molecular weight is 299 g/mol. The van der Waals surface area contributed by atoms with E-state index in [0.29, 0.717) is 19.6 Å². The standard InChI is InChI=1S/C15H21N7/c1-10-4-16-13(19-10)7-22(8-14-17-5-11(2)20-14)9-15-18-6-12(3)21-15/h4-6H,7-9H2,1-3H3,(H,16,19)(H,17,20)(H,18,21). The maximum Gasteiger partial charge on any atom is 0.120 e. The first-order valence-corrected chi connectivity index (χ1v) is 7.32. The Hall–Kier alpha value is -2.41. The first-order chi connectivity index (χ1) is 10.6. The number of H-pyrrole nitrogens is 3. The van der Waals surface area contributed by atoms with Gasteiger partial charge in [0, 0.05) is 35.7 Å². The van der Waals surface area contributed by atoms with E-state index in [4.69, 9.17) is 0 Å². The first-order valence-electron chi connectivity index (χ1n) is 7.32. The molecule has 116 valence electrons. The van der Waals surface area contributed by atoms with Crippen molar-refractivity contribution in [3.05, 3.63) is 53.1 Å². The Morgan fingerprint density at radius 3 is 1.23 bits per heavy atom. The zero-order valence-corrected chi connectivity index (χ0v) is 13.1. The lowest BCUT2D eigenvalue weighted by Crippen LogP contribution is -2.24. The first kappa shape index (κ1) is 14.5. The SMILES string of the molecule is Cc1cnc(CN(Cc2ncc(C)[nH]2)Cc2ncc(C)[nH]2)[nH]1. The van der Waals surface area contributed by atoms with E-state index in [1.807, 2.05) is 39.4 Å². The Kier molecular flexibility index (Phi) is 4.06. The van der Waals surface area contributed by atoms with Crippen LogP contribution >= 0.6 is 0 Å². The van der Waals surface area contributed by atoms with E-state index in [9.17, 15) is 0 Å². The number of nitrogens with one attached hydrogen (secondary N) is 3. The summed E-state index contributed by atoms with van der Waals surface area (Å²) < 4.78 is 0. The molecule has 0 aliphatic heterocycles. The van der Waals surface area contributed by atoms with Crippen LogP contribution in [0.4, 0.5) is 0 Å². The smallest absolute Gasteiger partial charge is 0.120 e. The topological polar surface area (TPSA) is 89.3 Å². The van der Waals surface area contributed by atoms with Gasteiger partial charge in [0.25, 0.3) is 0 Å². The fourth-order valence-electron chi connectivity index (χ4n) is 2.44. The molecule has 0 atom stereocenters. The Balaban J connectivity index is 1.74. The summed E-state index contributed by atoms with van der Waals surface area (Å²) in [5.74, 6) is 2.84. The number of hydrogen-bond acceptors (Lipinski definition) is 4. The lowest BCUT2D eigenvalue weighted by molar-refractivity contribution is 0.231. The van der Waals surface area contributed by atoms with Crippen LogP contribution < -0.4 is 0 Å². The summed E-state index contributed by atoms with van der Waals surface area (Å²) >= 11 is 0. The molecule has 3 rings (SSSR count). The maximum atomic E-state index is 4.39. The van der Waals surface area contributed by atoms with Crippen molar-refractivity contribution in [2.75, 3.05) is 0 Å². The number of aryl methyl sites for hydroxylation is 3. The van der Waals surface area contributed by atoms with Crippen LogP contribution in [-0.4, -0.2) is 34.8 Å². The predicted molar refractivity (Wildman–Crippen MR) is 82.9 cm³/mol. The predicted octanol–water partition coefficient (Wildman–Crippen LogP) is 1.98. The molecule has 0 amide bonds. The number of aromatic amines is 3. The molecule has 0 spiro atoms. The summed E-state index contributed by atoms with van der Waals surface area (Å²) in [6, 6.07) is 0. The van der Waals surface area contributed by atoms with Crippen molar-refractivity contribution in [2.45, 2.75) is 40.4 Å². The molecule has 7 nitrogen and oxygen atoms in total. The van der Waals surface area contributed by atoms with Gasteiger partial charge in [0.1, 0.15) is 17.5 Å². The van der Waals surface area contributed by atoms with Gasteiger partial charge in [0.2, 0.25) is 0 Å². The van der Waals surface area contributed by atoms with Gasteiger partial charge < -0.3 is 15.0 Å². The molecular formula is C15H21N7. The quantitative estimate of drug-likeness (QED) is 0.649. The van der Waals surface area contributed by atoms with Crippen LogP contribution in [0.2, 0.25) is 0 Å². The second-order valence-corrected chi connectivity index (χ2v) is 5.68. The van der Waals surface area contributed by atoms with Gasteiger partial charge in [-0.1, -0.05) is 0 Å². The highest BCUT2D eigenvalue weighted by molar-refractivity contribution is 5.03. The van der Waals surface area contributed by atoms with E-state index in [2.05, 4.69) is 34.8 Å². The van der Waals surface area contributed by atoms with E-state index in [-0.39, 0.29) is 0 Å². The van der Waals surface area contributed by atoms with Gasteiger partial charge in [-0.05, 0) is 20.8 Å². The highest BCUT2D eigenvalue weighted by Crippen LogP contribution is 2.10. The lowest BCUT2D eigenvalue weighted by Gasteiger charge is -2.18. The third-order valence-corrected chi connectivity index (χ3v) is 3.39. The van der Waals surface area contributed by atoms with Crippen LogP contribution in [0.1, 0.15) is 34.6 Å². The van der Waals surface area contributed by atoms with Gasteiger partial charge in [-0.25, -0.2) is 15.0 Å². The van der Waals surface area contributed by atoms with Gasteiger partial charge in [-0.3, -0.25) is 4.90 Å². The van der Waals surface area contributed by atoms with Crippen LogP contribution in [0.5, 0.6) is 0 Å². The fourth-order valence-corrected chi connectivity index (χ4v) is 2.44. The van der Waals surface area contributed by atoms with Crippen molar-refractivity contribution in [2.24, 2.45) is 0 Å². The fraction of sp³-hybridized carbons (Fsp3) is 0.400. The summed E-state index contributed by atoms with van der Waals surface area (Å²) in [4.78, 5) is 25.2. The summed E-state index contributed by atoms with van der Waals surface area (Å²) in [5.41, 5.74) is 3.20. The molecule has 3 N–H and O–H groups in total. The molecule has 0 bridgehead atoms. The van der Waals surface area contributed by atoms with Gasteiger partial charge >= 0.3 is 0 Å². The third-order valence-electron chi connectivity index (χ3n) is 3.39. The molecule has 22 heavy (non-hydrogen) atoms. The minimum absolute atomic E-state index is 0.716. The molecule has 0 unspecified atom stereocenters.